The van der Waals surface area contributed by atoms with Crippen LogP contribution in [0.15, 0.2) is 52.3 Å². The molecular formula is C20H17BrN2O5S. The van der Waals surface area contributed by atoms with Gasteiger partial charge in [0, 0.05) is 15.4 Å². The fraction of sp³-hybridized carbons (Fsp3) is 0.150. The summed E-state index contributed by atoms with van der Waals surface area (Å²) >= 11 is 4.56. The molecule has 3 aromatic rings. The number of ether oxygens (including phenoxy) is 3. The number of amides is 1. The van der Waals surface area contributed by atoms with Crippen molar-refractivity contribution >= 4 is 44.3 Å². The van der Waals surface area contributed by atoms with Crippen LogP contribution in [0.5, 0.6) is 11.5 Å². The standard InChI is InChI=1S/C20H17BrN2O5S/c1-26-16-8-5-13(9-17(16)27-2)15-11-29-20(22-15)23-18(24)10-28-19(25)12-3-6-14(21)7-4-12/h3-9,11H,10H2,1-2H3,(H,22,23,24). The van der Waals surface area contributed by atoms with Gasteiger partial charge in [-0.05, 0) is 42.5 Å². The number of benzene rings is 2. The second-order valence-corrected chi connectivity index (χ2v) is 7.51. The van der Waals surface area contributed by atoms with Crippen molar-refractivity contribution in [2.75, 3.05) is 26.1 Å². The lowest BCUT2D eigenvalue weighted by molar-refractivity contribution is -0.119. The Hall–Kier alpha value is -2.91. The first-order chi connectivity index (χ1) is 14.0. The first kappa shape index (κ1) is 20.8. The van der Waals surface area contributed by atoms with Gasteiger partial charge in [0.25, 0.3) is 5.91 Å². The zero-order valence-electron chi connectivity index (χ0n) is 15.6. The van der Waals surface area contributed by atoms with Gasteiger partial charge in [0.2, 0.25) is 0 Å². The van der Waals surface area contributed by atoms with E-state index in [1.54, 1.807) is 50.6 Å². The summed E-state index contributed by atoms with van der Waals surface area (Å²) in [4.78, 5) is 28.4. The molecule has 0 bridgehead atoms. The minimum absolute atomic E-state index is 0.367. The lowest BCUT2D eigenvalue weighted by Crippen LogP contribution is -2.20. The zero-order valence-corrected chi connectivity index (χ0v) is 18.0. The SMILES string of the molecule is COc1ccc(-c2csc(NC(=O)COC(=O)c3ccc(Br)cc3)n2)cc1OC. The molecule has 3 rings (SSSR count). The molecule has 0 saturated carbocycles. The average Bonchev–Trinajstić information content (AvgIpc) is 3.20. The second kappa shape index (κ2) is 9.53. The van der Waals surface area contributed by atoms with Gasteiger partial charge in [-0.3, -0.25) is 10.1 Å². The molecule has 7 nitrogen and oxygen atoms in total. The summed E-state index contributed by atoms with van der Waals surface area (Å²) in [6.45, 7) is -0.403. The number of hydrogen-bond acceptors (Lipinski definition) is 7. The highest BCUT2D eigenvalue weighted by molar-refractivity contribution is 9.10. The third-order valence-corrected chi connectivity index (χ3v) is 5.13. The highest BCUT2D eigenvalue weighted by Crippen LogP contribution is 2.33. The van der Waals surface area contributed by atoms with Crippen molar-refractivity contribution in [3.8, 4) is 22.8 Å². The molecule has 0 aliphatic carbocycles. The maximum Gasteiger partial charge on any atom is 0.338 e. The Bertz CT molecular complexity index is 1020. The van der Waals surface area contributed by atoms with E-state index in [1.807, 2.05) is 11.4 Å². The molecule has 0 radical (unpaired) electrons. The van der Waals surface area contributed by atoms with Crippen LogP contribution in [-0.4, -0.2) is 37.7 Å². The number of halogens is 1. The molecular weight excluding hydrogens is 460 g/mol. The summed E-state index contributed by atoms with van der Waals surface area (Å²) in [7, 11) is 3.13. The van der Waals surface area contributed by atoms with Crippen LogP contribution >= 0.6 is 27.3 Å². The summed E-state index contributed by atoms with van der Waals surface area (Å²) in [5.41, 5.74) is 1.87. The highest BCUT2D eigenvalue weighted by Gasteiger charge is 2.13. The van der Waals surface area contributed by atoms with E-state index in [0.717, 1.165) is 10.0 Å². The van der Waals surface area contributed by atoms with E-state index in [2.05, 4.69) is 26.2 Å². The van der Waals surface area contributed by atoms with E-state index >= 15 is 0 Å². The quantitative estimate of drug-likeness (QED) is 0.509. The fourth-order valence-corrected chi connectivity index (χ4v) is 3.42. The summed E-state index contributed by atoms with van der Waals surface area (Å²) in [6.07, 6.45) is 0. The molecule has 0 saturated heterocycles. The summed E-state index contributed by atoms with van der Waals surface area (Å²) in [5, 5.41) is 4.84. The first-order valence-electron chi connectivity index (χ1n) is 8.40. The maximum atomic E-state index is 12.1. The molecule has 0 spiro atoms. The highest BCUT2D eigenvalue weighted by atomic mass is 79.9. The van der Waals surface area contributed by atoms with Crippen molar-refractivity contribution in [3.05, 3.63) is 57.9 Å². The Morgan fingerprint density at radius 1 is 1.07 bits per heavy atom. The molecule has 0 fully saturated rings. The molecule has 0 aliphatic heterocycles. The van der Waals surface area contributed by atoms with Gasteiger partial charge in [-0.25, -0.2) is 9.78 Å². The van der Waals surface area contributed by atoms with Crippen molar-refractivity contribution in [3.63, 3.8) is 0 Å². The van der Waals surface area contributed by atoms with Crippen LogP contribution in [0.3, 0.4) is 0 Å². The molecule has 150 valence electrons. The van der Waals surface area contributed by atoms with Crippen LogP contribution in [0, 0.1) is 0 Å². The van der Waals surface area contributed by atoms with Gasteiger partial charge in [-0.2, -0.15) is 0 Å². The number of carbonyl (C=O) groups excluding carboxylic acids is 2. The lowest BCUT2D eigenvalue weighted by Gasteiger charge is -2.08. The third kappa shape index (κ3) is 5.33. The average molecular weight is 477 g/mol. The van der Waals surface area contributed by atoms with Gasteiger partial charge in [0.1, 0.15) is 0 Å². The Kier molecular flexibility index (Phi) is 6.84. The molecule has 1 heterocycles. The largest absolute Gasteiger partial charge is 0.493 e. The number of nitrogens with one attached hydrogen (secondary N) is 1. The normalized spacial score (nSPS) is 10.3. The Morgan fingerprint density at radius 2 is 1.79 bits per heavy atom. The lowest BCUT2D eigenvalue weighted by atomic mass is 10.1. The summed E-state index contributed by atoms with van der Waals surface area (Å²) < 4.78 is 16.4. The molecule has 0 aliphatic rings. The topological polar surface area (TPSA) is 86.8 Å². The van der Waals surface area contributed by atoms with Crippen molar-refractivity contribution in [2.45, 2.75) is 0 Å². The van der Waals surface area contributed by atoms with Gasteiger partial charge < -0.3 is 14.2 Å². The van der Waals surface area contributed by atoms with Crippen molar-refractivity contribution in [2.24, 2.45) is 0 Å². The van der Waals surface area contributed by atoms with Gasteiger partial charge in [0.15, 0.2) is 23.2 Å². The Labute approximate surface area is 179 Å². The van der Waals surface area contributed by atoms with E-state index in [1.165, 1.54) is 11.3 Å². The fourth-order valence-electron chi connectivity index (χ4n) is 2.42. The van der Waals surface area contributed by atoms with Crippen LogP contribution in [-0.2, 0) is 9.53 Å². The number of hydrogen-bond donors (Lipinski definition) is 1. The van der Waals surface area contributed by atoms with Crippen molar-refractivity contribution in [1.82, 2.24) is 4.98 Å². The third-order valence-electron chi connectivity index (χ3n) is 3.84. The smallest absolute Gasteiger partial charge is 0.338 e. The number of methoxy groups -OCH3 is 2. The van der Waals surface area contributed by atoms with Gasteiger partial charge >= 0.3 is 5.97 Å². The minimum Gasteiger partial charge on any atom is -0.493 e. The van der Waals surface area contributed by atoms with Gasteiger partial charge in [-0.15, -0.1) is 11.3 Å². The first-order valence-corrected chi connectivity index (χ1v) is 10.1. The predicted octanol–water partition coefficient (Wildman–Crippen LogP) is 4.39. The number of rotatable bonds is 7. The molecule has 9 heteroatoms. The van der Waals surface area contributed by atoms with Gasteiger partial charge in [0.05, 0.1) is 25.5 Å². The van der Waals surface area contributed by atoms with E-state index in [4.69, 9.17) is 14.2 Å². The number of aromatic nitrogens is 1. The Morgan fingerprint density at radius 3 is 2.48 bits per heavy atom. The van der Waals surface area contributed by atoms with Gasteiger partial charge in [-0.1, -0.05) is 15.9 Å². The van der Waals surface area contributed by atoms with Crippen LogP contribution in [0.2, 0.25) is 0 Å². The molecule has 29 heavy (non-hydrogen) atoms. The number of esters is 1. The van der Waals surface area contributed by atoms with E-state index < -0.39 is 18.5 Å². The van der Waals surface area contributed by atoms with Crippen LogP contribution in [0.25, 0.3) is 11.3 Å². The van der Waals surface area contributed by atoms with E-state index in [0.29, 0.717) is 27.9 Å². The Balaban J connectivity index is 1.59. The molecule has 1 N–H and O–H groups in total. The molecule has 2 aromatic carbocycles. The summed E-state index contributed by atoms with van der Waals surface area (Å²) in [6, 6.07) is 12.1. The number of thiazole rings is 1. The number of anilines is 1. The van der Waals surface area contributed by atoms with E-state index in [-0.39, 0.29) is 0 Å². The number of nitrogens with zero attached hydrogens (tertiary/aromatic N) is 1. The van der Waals surface area contributed by atoms with Crippen molar-refractivity contribution < 1.29 is 23.8 Å². The maximum absolute atomic E-state index is 12.1. The molecule has 0 unspecified atom stereocenters. The minimum atomic E-state index is -0.571. The van der Waals surface area contributed by atoms with Crippen LogP contribution < -0.4 is 14.8 Å². The van der Waals surface area contributed by atoms with Crippen LogP contribution in [0.4, 0.5) is 5.13 Å². The van der Waals surface area contributed by atoms with Crippen LogP contribution in [0.1, 0.15) is 10.4 Å². The van der Waals surface area contributed by atoms with E-state index in [9.17, 15) is 9.59 Å². The van der Waals surface area contributed by atoms with Crippen molar-refractivity contribution in [1.29, 1.82) is 0 Å². The monoisotopic (exact) mass is 476 g/mol. The second-order valence-electron chi connectivity index (χ2n) is 5.74. The zero-order chi connectivity index (χ0) is 20.8. The molecule has 0 atom stereocenters. The summed E-state index contributed by atoms with van der Waals surface area (Å²) in [5.74, 6) is 0.164. The molecule has 1 aromatic heterocycles. The predicted molar refractivity (Wildman–Crippen MR) is 114 cm³/mol. The molecule has 1 amide bonds. The number of carbonyl (C=O) groups is 2.